The van der Waals surface area contributed by atoms with Crippen LogP contribution in [0.15, 0.2) is 0 Å². The molecule has 8 heteroatoms. The third-order valence-electron chi connectivity index (χ3n) is 7.11. The van der Waals surface area contributed by atoms with Gasteiger partial charge in [0.1, 0.15) is 0 Å². The van der Waals surface area contributed by atoms with Crippen molar-refractivity contribution in [3.8, 4) is 17.2 Å². The van der Waals surface area contributed by atoms with Crippen LogP contribution in [-0.4, -0.2) is 40.3 Å². The first-order chi connectivity index (χ1) is 19.7. The lowest BCUT2D eigenvalue weighted by molar-refractivity contribution is -0.134. The Kier molecular flexibility index (Phi) is 18.4. The molecule has 0 saturated heterocycles. The average molecular weight is 577 g/mol. The maximum atomic E-state index is 13.6. The van der Waals surface area contributed by atoms with Gasteiger partial charge >= 0.3 is 11.9 Å². The highest BCUT2D eigenvalue weighted by atomic mass is 16.5. The summed E-state index contributed by atoms with van der Waals surface area (Å²) in [6.07, 6.45) is 12.0. The van der Waals surface area contributed by atoms with E-state index in [1.165, 1.54) is 0 Å². The van der Waals surface area contributed by atoms with Gasteiger partial charge in [-0.15, -0.1) is 0 Å². The number of ether oxygens (including phenoxy) is 2. The Balaban J connectivity index is 3.66. The predicted octanol–water partition coefficient (Wildman–Crippen LogP) is 8.63. The summed E-state index contributed by atoms with van der Waals surface area (Å²) < 4.78 is 10.9. The molecule has 0 bridgehead atoms. The van der Waals surface area contributed by atoms with Crippen molar-refractivity contribution >= 4 is 23.5 Å². The van der Waals surface area contributed by atoms with Crippen LogP contribution in [0.25, 0.3) is 0 Å². The molecule has 232 valence electrons. The molecule has 0 saturated carbocycles. The number of unbranched alkanes of at least 4 members (excludes halogenated alkanes) is 11. The van der Waals surface area contributed by atoms with E-state index in [0.717, 1.165) is 70.6 Å². The lowest BCUT2D eigenvalue weighted by Crippen LogP contribution is -2.21. The Morgan fingerprint density at radius 2 is 1.00 bits per heavy atom. The van der Waals surface area contributed by atoms with Gasteiger partial charge in [-0.2, -0.15) is 0 Å². The monoisotopic (exact) mass is 576 g/mol. The summed E-state index contributed by atoms with van der Waals surface area (Å²) in [5.74, 6) is -5.11. The highest BCUT2D eigenvalue weighted by molar-refractivity contribution is 6.17. The van der Waals surface area contributed by atoms with E-state index < -0.39 is 51.9 Å². The van der Waals surface area contributed by atoms with Crippen LogP contribution < -0.4 is 4.74 Å². The van der Waals surface area contributed by atoms with Crippen LogP contribution in [0.5, 0.6) is 17.2 Å². The van der Waals surface area contributed by atoms with Crippen molar-refractivity contribution in [3.63, 3.8) is 0 Å². The van der Waals surface area contributed by atoms with E-state index in [9.17, 15) is 29.4 Å². The van der Waals surface area contributed by atoms with Crippen LogP contribution in [0.3, 0.4) is 0 Å². The quantitative estimate of drug-likeness (QED) is 0.0436. The molecule has 0 radical (unpaired) electrons. The van der Waals surface area contributed by atoms with E-state index in [0.29, 0.717) is 25.7 Å². The number of Topliss-reactive ketones (excluding diaryl/α,β-unsaturated/α-hetero) is 2. The van der Waals surface area contributed by atoms with Crippen LogP contribution in [0.1, 0.15) is 174 Å². The molecule has 0 aliphatic carbocycles. The first-order valence-electron chi connectivity index (χ1n) is 15.8. The molecule has 41 heavy (non-hydrogen) atoms. The second kappa shape index (κ2) is 20.9. The van der Waals surface area contributed by atoms with Gasteiger partial charge in [0.05, 0.1) is 23.3 Å². The van der Waals surface area contributed by atoms with E-state index in [1.54, 1.807) is 0 Å². The number of benzene rings is 1. The molecule has 1 aromatic carbocycles. The number of aromatic hydroxyl groups is 2. The number of hydrogen-bond acceptors (Lipinski definition) is 8. The number of phenols is 2. The molecule has 0 aliphatic rings. The molecule has 0 aromatic heterocycles. The van der Waals surface area contributed by atoms with E-state index in [1.807, 2.05) is 27.7 Å². The predicted molar refractivity (Wildman–Crippen MR) is 160 cm³/mol. The number of carbonyl (C=O) groups excluding carboxylic acids is 4. The van der Waals surface area contributed by atoms with Gasteiger partial charge in [-0.25, -0.2) is 4.79 Å². The summed E-state index contributed by atoms with van der Waals surface area (Å²) in [5.41, 5.74) is -1.23. The molecule has 0 spiro atoms. The van der Waals surface area contributed by atoms with Crippen molar-refractivity contribution < 1.29 is 38.9 Å². The summed E-state index contributed by atoms with van der Waals surface area (Å²) in [7, 11) is 0. The lowest BCUT2D eigenvalue weighted by atomic mass is 9.89. The minimum atomic E-state index is -0.953. The zero-order chi connectivity index (χ0) is 30.6. The van der Waals surface area contributed by atoms with Crippen molar-refractivity contribution in [2.75, 3.05) is 6.61 Å². The Bertz CT molecular complexity index is 982. The largest absolute Gasteiger partial charge is 0.504 e. The van der Waals surface area contributed by atoms with Crippen molar-refractivity contribution in [1.29, 1.82) is 0 Å². The number of esters is 2. The third kappa shape index (κ3) is 12.2. The van der Waals surface area contributed by atoms with E-state index in [2.05, 4.69) is 0 Å². The molecule has 0 amide bonds. The summed E-state index contributed by atoms with van der Waals surface area (Å²) in [4.78, 5) is 53.3. The fourth-order valence-electron chi connectivity index (χ4n) is 4.67. The van der Waals surface area contributed by atoms with Crippen LogP contribution >= 0.6 is 0 Å². The Labute approximate surface area is 246 Å². The maximum Gasteiger partial charge on any atom is 0.339 e. The highest BCUT2D eigenvalue weighted by Gasteiger charge is 2.36. The zero-order valence-corrected chi connectivity index (χ0v) is 25.8. The SMILES string of the molecule is CCCCCCC(=O)Oc1c(O)c(O)c(C(=O)CCCCCC)c(C(=O)OCCCCC)c1C(=O)CCCCCC. The van der Waals surface area contributed by atoms with Gasteiger partial charge in [0.2, 0.25) is 5.75 Å². The minimum absolute atomic E-state index is 0.0177. The summed E-state index contributed by atoms with van der Waals surface area (Å²) in [6, 6.07) is 0. The fourth-order valence-corrected chi connectivity index (χ4v) is 4.67. The minimum Gasteiger partial charge on any atom is -0.504 e. The van der Waals surface area contributed by atoms with E-state index >= 15 is 0 Å². The Morgan fingerprint density at radius 1 is 0.537 bits per heavy atom. The fraction of sp³-hybridized carbons (Fsp3) is 0.697. The Morgan fingerprint density at radius 3 is 1.51 bits per heavy atom. The Hall–Kier alpha value is -2.90. The maximum absolute atomic E-state index is 13.6. The first-order valence-corrected chi connectivity index (χ1v) is 15.8. The molecule has 0 atom stereocenters. The number of phenolic OH excluding ortho intramolecular Hbond substituents is 2. The zero-order valence-electron chi connectivity index (χ0n) is 25.8. The van der Waals surface area contributed by atoms with E-state index in [4.69, 9.17) is 9.47 Å². The summed E-state index contributed by atoms with van der Waals surface area (Å²) in [5, 5.41) is 22.0. The summed E-state index contributed by atoms with van der Waals surface area (Å²) >= 11 is 0. The molecule has 0 heterocycles. The van der Waals surface area contributed by atoms with Crippen LogP contribution in [0.4, 0.5) is 0 Å². The molecule has 2 N–H and O–H groups in total. The smallest absolute Gasteiger partial charge is 0.339 e. The second-order valence-electron chi connectivity index (χ2n) is 10.7. The van der Waals surface area contributed by atoms with Gasteiger partial charge in [-0.1, -0.05) is 98.3 Å². The van der Waals surface area contributed by atoms with Crippen molar-refractivity contribution in [3.05, 3.63) is 16.7 Å². The standard InChI is InChI=1S/C33H52O8/c1-5-9-13-16-20-24(34)27-29(33(39)40-23-19-12-8-4)28(25(35)21-17-14-10-6-2)32(31(38)30(27)37)41-26(36)22-18-15-11-7-3/h37-38H,5-23H2,1-4H3. The van der Waals surface area contributed by atoms with Crippen LogP contribution in [0.2, 0.25) is 0 Å². The average Bonchev–Trinajstić information content (AvgIpc) is 2.95. The van der Waals surface area contributed by atoms with Gasteiger partial charge in [-0.05, 0) is 25.7 Å². The molecule has 0 fully saturated rings. The van der Waals surface area contributed by atoms with Crippen LogP contribution in [0, 0.1) is 0 Å². The molecule has 1 rings (SSSR count). The number of carbonyl (C=O) groups is 4. The molecule has 0 unspecified atom stereocenters. The van der Waals surface area contributed by atoms with Crippen molar-refractivity contribution in [2.24, 2.45) is 0 Å². The number of rotatable bonds is 23. The van der Waals surface area contributed by atoms with E-state index in [-0.39, 0.29) is 31.4 Å². The second-order valence-corrected chi connectivity index (χ2v) is 10.7. The van der Waals surface area contributed by atoms with Gasteiger partial charge < -0.3 is 19.7 Å². The molecule has 1 aromatic rings. The topological polar surface area (TPSA) is 127 Å². The highest BCUT2D eigenvalue weighted by Crippen LogP contribution is 2.46. The number of hydrogen-bond donors (Lipinski definition) is 2. The third-order valence-corrected chi connectivity index (χ3v) is 7.11. The van der Waals surface area contributed by atoms with Crippen molar-refractivity contribution in [2.45, 2.75) is 143 Å². The van der Waals surface area contributed by atoms with Crippen molar-refractivity contribution in [1.82, 2.24) is 0 Å². The normalized spacial score (nSPS) is 10.9. The first kappa shape index (κ1) is 36.1. The van der Waals surface area contributed by atoms with Gasteiger partial charge in [0.25, 0.3) is 0 Å². The summed E-state index contributed by atoms with van der Waals surface area (Å²) in [6.45, 7) is 8.21. The van der Waals surface area contributed by atoms with Crippen LogP contribution in [-0.2, 0) is 9.53 Å². The van der Waals surface area contributed by atoms with Gasteiger partial charge in [-0.3, -0.25) is 14.4 Å². The molecule has 8 nitrogen and oxygen atoms in total. The molecular formula is C33H52O8. The molecule has 0 aliphatic heterocycles. The lowest BCUT2D eigenvalue weighted by Gasteiger charge is -2.20. The number of ketones is 2. The van der Waals surface area contributed by atoms with Gasteiger partial charge in [0, 0.05) is 19.3 Å². The van der Waals surface area contributed by atoms with Gasteiger partial charge in [0.15, 0.2) is 23.1 Å². The molecular weight excluding hydrogens is 524 g/mol.